The van der Waals surface area contributed by atoms with Gasteiger partial charge in [-0.05, 0) is 50.3 Å². The number of carbonyl (C=O) groups excluding carboxylic acids is 3. The van der Waals surface area contributed by atoms with Crippen LogP contribution in [-0.2, 0) is 14.9 Å². The Morgan fingerprint density at radius 3 is 2.26 bits per heavy atom. The fraction of sp³-hybridized carbons (Fsp3) is 0.458. The predicted molar refractivity (Wildman–Crippen MR) is 118 cm³/mol. The van der Waals surface area contributed by atoms with Crippen molar-refractivity contribution >= 4 is 23.5 Å². The number of amides is 1. The molecule has 1 amide bonds. The van der Waals surface area contributed by atoms with E-state index in [0.717, 1.165) is 5.75 Å². The summed E-state index contributed by atoms with van der Waals surface area (Å²) in [6, 6.07) is 7.90. The molecular weight excluding hydrogens is 398 g/mol. The highest BCUT2D eigenvalue weighted by atomic mass is 16.5. The molecule has 0 atom stereocenters. The van der Waals surface area contributed by atoms with E-state index >= 15 is 0 Å². The van der Waals surface area contributed by atoms with Crippen LogP contribution in [0, 0.1) is 6.92 Å². The van der Waals surface area contributed by atoms with E-state index in [1.165, 1.54) is 12.5 Å². The van der Waals surface area contributed by atoms with Crippen LogP contribution in [-0.4, -0.2) is 30.9 Å². The third-order valence-corrected chi connectivity index (χ3v) is 4.71. The Kier molecular flexibility index (Phi) is 8.02. The van der Waals surface area contributed by atoms with Crippen LogP contribution in [0.25, 0.3) is 0 Å². The van der Waals surface area contributed by atoms with Crippen molar-refractivity contribution in [1.82, 2.24) is 0 Å². The molecule has 0 saturated carbocycles. The molecular formula is C24H31NO6. The Hall–Kier alpha value is -3.09. The fourth-order valence-corrected chi connectivity index (χ4v) is 3.12. The van der Waals surface area contributed by atoms with Crippen molar-refractivity contribution in [1.29, 1.82) is 0 Å². The number of ketones is 1. The van der Waals surface area contributed by atoms with E-state index in [9.17, 15) is 14.4 Å². The van der Waals surface area contributed by atoms with E-state index in [0.29, 0.717) is 13.0 Å². The van der Waals surface area contributed by atoms with Gasteiger partial charge in [0, 0.05) is 6.42 Å². The zero-order chi connectivity index (χ0) is 23.2. The molecule has 0 spiro atoms. The quantitative estimate of drug-likeness (QED) is 0.340. The molecule has 0 bridgehead atoms. The molecule has 31 heavy (non-hydrogen) atoms. The summed E-state index contributed by atoms with van der Waals surface area (Å²) in [5, 5.41) is 2.57. The van der Waals surface area contributed by atoms with Crippen LogP contribution in [0.1, 0.15) is 79.5 Å². The number of aryl methyl sites for hydroxylation is 1. The molecule has 2 rings (SSSR count). The second kappa shape index (κ2) is 10.3. The second-order valence-corrected chi connectivity index (χ2v) is 8.29. The minimum Gasteiger partial charge on any atom is -0.494 e. The number of anilines is 1. The standard InChI is InChI=1S/C24H31NO6/c1-7-29-23(28)21-20(15(2)26)16(3)31-22(21)25-19(27)9-8-14-30-18-12-10-17(11-13-18)24(4,5)6/h10-13H,7-9,14H2,1-6H3,(H,25,27). The van der Waals surface area contributed by atoms with E-state index in [-0.39, 0.29) is 52.9 Å². The summed E-state index contributed by atoms with van der Waals surface area (Å²) in [4.78, 5) is 36.5. The summed E-state index contributed by atoms with van der Waals surface area (Å²) in [6.45, 7) is 11.5. The highest BCUT2D eigenvalue weighted by molar-refractivity contribution is 6.10. The van der Waals surface area contributed by atoms with Gasteiger partial charge in [0.1, 0.15) is 17.1 Å². The zero-order valence-electron chi connectivity index (χ0n) is 19.1. The van der Waals surface area contributed by atoms with Gasteiger partial charge in [-0.3, -0.25) is 14.9 Å². The van der Waals surface area contributed by atoms with Gasteiger partial charge < -0.3 is 13.9 Å². The van der Waals surface area contributed by atoms with Crippen LogP contribution in [0.2, 0.25) is 0 Å². The largest absolute Gasteiger partial charge is 0.494 e. The summed E-state index contributed by atoms with van der Waals surface area (Å²) < 4.78 is 16.2. The van der Waals surface area contributed by atoms with Crippen LogP contribution in [0.3, 0.4) is 0 Å². The van der Waals surface area contributed by atoms with Crippen molar-refractivity contribution in [3.8, 4) is 5.75 Å². The molecule has 1 N–H and O–H groups in total. The number of furan rings is 1. The van der Waals surface area contributed by atoms with E-state index < -0.39 is 5.97 Å². The van der Waals surface area contributed by atoms with Crippen molar-refractivity contribution in [3.05, 3.63) is 46.7 Å². The number of nitrogens with one attached hydrogen (secondary N) is 1. The normalized spacial score (nSPS) is 11.2. The van der Waals surface area contributed by atoms with Gasteiger partial charge in [-0.25, -0.2) is 4.79 Å². The molecule has 0 saturated heterocycles. The number of ether oxygens (including phenoxy) is 2. The monoisotopic (exact) mass is 429 g/mol. The average Bonchev–Trinajstić information content (AvgIpc) is 3.01. The van der Waals surface area contributed by atoms with E-state index in [4.69, 9.17) is 13.9 Å². The second-order valence-electron chi connectivity index (χ2n) is 8.29. The first kappa shape index (κ1) is 24.2. The molecule has 1 aromatic heterocycles. The van der Waals surface area contributed by atoms with Crippen LogP contribution in [0.5, 0.6) is 5.75 Å². The molecule has 1 aromatic carbocycles. The number of Topliss-reactive ketones (excluding diaryl/α,β-unsaturated/α-hetero) is 1. The molecule has 0 aliphatic carbocycles. The average molecular weight is 430 g/mol. The maximum atomic E-state index is 12.3. The van der Waals surface area contributed by atoms with E-state index in [2.05, 4.69) is 26.1 Å². The number of hydrogen-bond acceptors (Lipinski definition) is 6. The maximum absolute atomic E-state index is 12.3. The van der Waals surface area contributed by atoms with Crippen molar-refractivity contribution in [2.24, 2.45) is 0 Å². The van der Waals surface area contributed by atoms with E-state index in [1.807, 2.05) is 24.3 Å². The fourth-order valence-electron chi connectivity index (χ4n) is 3.12. The lowest BCUT2D eigenvalue weighted by molar-refractivity contribution is -0.116. The molecule has 168 valence electrons. The lowest BCUT2D eigenvalue weighted by Gasteiger charge is -2.19. The zero-order valence-corrected chi connectivity index (χ0v) is 19.1. The first-order valence-electron chi connectivity index (χ1n) is 10.4. The van der Waals surface area contributed by atoms with Gasteiger partial charge in [0.15, 0.2) is 5.78 Å². The maximum Gasteiger partial charge on any atom is 0.344 e. The van der Waals surface area contributed by atoms with Crippen LogP contribution in [0.15, 0.2) is 28.7 Å². The Morgan fingerprint density at radius 1 is 1.06 bits per heavy atom. The first-order valence-corrected chi connectivity index (χ1v) is 10.4. The van der Waals surface area contributed by atoms with Crippen molar-refractivity contribution < 1.29 is 28.3 Å². The number of rotatable bonds is 9. The molecule has 2 aromatic rings. The van der Waals surface area contributed by atoms with Gasteiger partial charge >= 0.3 is 5.97 Å². The van der Waals surface area contributed by atoms with Crippen LogP contribution < -0.4 is 10.1 Å². The predicted octanol–water partition coefficient (Wildman–Crippen LogP) is 5.06. The summed E-state index contributed by atoms with van der Waals surface area (Å²) in [6.07, 6.45) is 0.637. The summed E-state index contributed by atoms with van der Waals surface area (Å²) >= 11 is 0. The third-order valence-electron chi connectivity index (χ3n) is 4.71. The molecule has 7 nitrogen and oxygen atoms in total. The molecule has 0 unspecified atom stereocenters. The van der Waals surface area contributed by atoms with Gasteiger partial charge in [0.05, 0.1) is 18.8 Å². The van der Waals surface area contributed by atoms with Crippen molar-refractivity contribution in [2.45, 2.75) is 59.8 Å². The molecule has 0 aliphatic rings. The van der Waals surface area contributed by atoms with Gasteiger partial charge in [-0.15, -0.1) is 0 Å². The number of carbonyl (C=O) groups is 3. The Bertz CT molecular complexity index is 934. The van der Waals surface area contributed by atoms with Crippen molar-refractivity contribution in [3.63, 3.8) is 0 Å². The molecule has 7 heteroatoms. The lowest BCUT2D eigenvalue weighted by Crippen LogP contribution is -2.16. The summed E-state index contributed by atoms with van der Waals surface area (Å²) in [7, 11) is 0. The molecule has 0 radical (unpaired) electrons. The summed E-state index contributed by atoms with van der Waals surface area (Å²) in [5.41, 5.74) is 1.37. The smallest absolute Gasteiger partial charge is 0.344 e. The van der Waals surface area contributed by atoms with Gasteiger partial charge in [-0.1, -0.05) is 32.9 Å². The van der Waals surface area contributed by atoms with Crippen molar-refractivity contribution in [2.75, 3.05) is 18.5 Å². The van der Waals surface area contributed by atoms with Gasteiger partial charge in [0.25, 0.3) is 0 Å². The number of benzene rings is 1. The third kappa shape index (κ3) is 6.44. The Morgan fingerprint density at radius 2 is 1.71 bits per heavy atom. The highest BCUT2D eigenvalue weighted by Crippen LogP contribution is 2.29. The highest BCUT2D eigenvalue weighted by Gasteiger charge is 2.28. The van der Waals surface area contributed by atoms with E-state index in [1.54, 1.807) is 13.8 Å². The van der Waals surface area contributed by atoms with Gasteiger partial charge in [-0.2, -0.15) is 0 Å². The number of hydrogen-bond donors (Lipinski definition) is 1. The summed E-state index contributed by atoms with van der Waals surface area (Å²) in [5.74, 6) is -0.456. The Balaban J connectivity index is 1.93. The van der Waals surface area contributed by atoms with Crippen LogP contribution in [0.4, 0.5) is 5.88 Å². The topological polar surface area (TPSA) is 94.8 Å². The minimum absolute atomic E-state index is 0.0459. The molecule has 0 fully saturated rings. The number of esters is 1. The Labute approximate surface area is 183 Å². The molecule has 1 heterocycles. The SMILES string of the molecule is CCOC(=O)c1c(NC(=O)CCCOc2ccc(C(C)(C)C)cc2)oc(C)c1C(C)=O. The van der Waals surface area contributed by atoms with Gasteiger partial charge in [0.2, 0.25) is 11.8 Å². The lowest BCUT2D eigenvalue weighted by atomic mass is 9.87. The van der Waals surface area contributed by atoms with Crippen LogP contribution >= 0.6 is 0 Å². The molecule has 0 aliphatic heterocycles. The minimum atomic E-state index is -0.707. The first-order chi connectivity index (χ1) is 14.5.